The van der Waals surface area contributed by atoms with Gasteiger partial charge in [-0.05, 0) is 0 Å². The number of rotatable bonds is 4. The number of fused-ring (bicyclic) bond motifs is 5. The van der Waals surface area contributed by atoms with Crippen molar-refractivity contribution in [2.75, 3.05) is 12.4 Å². The number of nitrogens with zero attached hydrogens (tertiary/aromatic N) is 5. The van der Waals surface area contributed by atoms with E-state index < -0.39 is 11.6 Å². The Balaban J connectivity index is 1.54. The van der Waals surface area contributed by atoms with E-state index in [9.17, 15) is 13.6 Å². The van der Waals surface area contributed by atoms with E-state index in [0.717, 1.165) is 44.5 Å². The molecule has 0 aliphatic heterocycles. The molecule has 11 heteroatoms. The maximum atomic E-state index is 14.8. The number of hydrogen-bond acceptors (Lipinski definition) is 7. The predicted octanol–water partition coefficient (Wildman–Crippen LogP) is 2.88. The molecule has 164 valence electrons. The van der Waals surface area contributed by atoms with Gasteiger partial charge in [-0.2, -0.15) is 0 Å². The van der Waals surface area contributed by atoms with Gasteiger partial charge in [-0.15, -0.1) is 0 Å². The zero-order valence-electron chi connectivity index (χ0n) is 17.5. The summed E-state index contributed by atoms with van der Waals surface area (Å²) >= 11 is 0.301. The molecule has 32 heavy (non-hydrogen) atoms. The molecule has 0 saturated heterocycles. The Morgan fingerprint density at radius 2 is 1.97 bits per heavy atom. The number of anilines is 1. The van der Waals surface area contributed by atoms with Gasteiger partial charge in [-0.1, -0.05) is 0 Å². The van der Waals surface area contributed by atoms with Crippen LogP contribution >= 0.6 is 0 Å². The Morgan fingerprint density at radius 3 is 2.78 bits per heavy atom. The zero-order valence-corrected chi connectivity index (χ0v) is 22.0. The van der Waals surface area contributed by atoms with Crippen molar-refractivity contribution >= 4 is 48.9 Å². The molecule has 8 nitrogen and oxygen atoms in total. The molecule has 3 aliphatic rings. The molecular formula is C21H21F2N6O2Tl. The van der Waals surface area contributed by atoms with Crippen molar-refractivity contribution < 1.29 is 18.3 Å². The van der Waals surface area contributed by atoms with Crippen LogP contribution in [0.25, 0.3) is 22.6 Å². The van der Waals surface area contributed by atoms with E-state index in [0.29, 0.717) is 42.8 Å². The third-order valence-corrected chi connectivity index (χ3v) is 8.11. The van der Waals surface area contributed by atoms with Crippen LogP contribution in [-0.2, 0) is 9.53 Å². The number of esters is 1. The van der Waals surface area contributed by atoms with Crippen LogP contribution in [0.15, 0.2) is 18.5 Å². The van der Waals surface area contributed by atoms with E-state index in [1.165, 1.54) is 13.2 Å². The first kappa shape index (κ1) is 21.6. The zero-order chi connectivity index (χ0) is 22.4. The topological polar surface area (TPSA) is 94.8 Å². The second-order valence-corrected chi connectivity index (χ2v) is 10.4. The third-order valence-electron chi connectivity index (χ3n) is 6.71. The molecule has 2 unspecified atom stereocenters. The van der Waals surface area contributed by atoms with Crippen LogP contribution in [-0.4, -0.2) is 67.7 Å². The van der Waals surface area contributed by atoms with Gasteiger partial charge in [0, 0.05) is 0 Å². The van der Waals surface area contributed by atoms with Crippen molar-refractivity contribution in [2.24, 2.45) is 17.8 Å². The first-order valence-electron chi connectivity index (χ1n) is 10.6. The quantitative estimate of drug-likeness (QED) is 0.350. The van der Waals surface area contributed by atoms with Gasteiger partial charge < -0.3 is 0 Å². The molecule has 1 N–H and O–H groups in total. The van der Waals surface area contributed by atoms with Crippen LogP contribution in [0.1, 0.15) is 32.1 Å². The fourth-order valence-corrected chi connectivity index (χ4v) is 6.50. The Labute approximate surface area is 199 Å². The van der Waals surface area contributed by atoms with E-state index in [1.807, 2.05) is 0 Å². The fourth-order valence-electron chi connectivity index (χ4n) is 5.25. The van der Waals surface area contributed by atoms with Crippen molar-refractivity contribution in [3.05, 3.63) is 30.1 Å². The minimum absolute atomic E-state index is 0.0179. The van der Waals surface area contributed by atoms with E-state index in [1.54, 1.807) is 2.49 Å². The summed E-state index contributed by atoms with van der Waals surface area (Å²) in [6.07, 6.45) is 7.17. The van der Waals surface area contributed by atoms with Crippen LogP contribution < -0.4 is 5.32 Å². The van der Waals surface area contributed by atoms with Crippen molar-refractivity contribution in [3.63, 3.8) is 0 Å². The molecule has 4 atom stereocenters. The average molecular weight is 632 g/mol. The molecule has 0 amide bonds. The summed E-state index contributed by atoms with van der Waals surface area (Å²) in [6.45, 7) is 0. The number of methoxy groups -OCH3 is 1. The normalized spacial score (nSPS) is 24.9. The number of aromatic nitrogens is 5. The molecule has 6 rings (SSSR count). The van der Waals surface area contributed by atoms with Crippen molar-refractivity contribution in [1.29, 1.82) is 0 Å². The molecule has 0 spiro atoms. The van der Waals surface area contributed by atoms with Crippen molar-refractivity contribution in [3.8, 4) is 11.5 Å². The number of nitrogens with one attached hydrogen (secondary N) is 1. The summed E-state index contributed by atoms with van der Waals surface area (Å²) < 4.78 is 35.4. The number of carbonyl (C=O) groups excluding carboxylic acids is 1. The first-order chi connectivity index (χ1) is 15.5. The maximum absolute atomic E-state index is 14.8. The van der Waals surface area contributed by atoms with Gasteiger partial charge in [0.1, 0.15) is 0 Å². The molecule has 2 bridgehead atoms. The summed E-state index contributed by atoms with van der Waals surface area (Å²) in [7, 11) is 1.39. The van der Waals surface area contributed by atoms with Crippen LogP contribution in [0, 0.1) is 29.4 Å². The van der Waals surface area contributed by atoms with E-state index in [2.05, 4.69) is 25.4 Å². The number of ether oxygens (including phenoxy) is 1. The monoisotopic (exact) mass is 632 g/mol. The molecule has 3 saturated carbocycles. The molecule has 3 heterocycles. The Hall–Kier alpha value is -2.25. The summed E-state index contributed by atoms with van der Waals surface area (Å²) in [6, 6.07) is 1.07. The number of hydrogen-bond donors (Lipinski definition) is 1. The van der Waals surface area contributed by atoms with Crippen LogP contribution in [0.3, 0.4) is 0 Å². The second kappa shape index (κ2) is 8.60. The van der Waals surface area contributed by atoms with Crippen LogP contribution in [0.5, 0.6) is 0 Å². The summed E-state index contributed by atoms with van der Waals surface area (Å²) in [5, 5.41) is 8.14. The molecular weight excluding hydrogens is 611 g/mol. The molecule has 0 aromatic carbocycles. The Morgan fingerprint density at radius 1 is 1.19 bits per heavy atom. The average Bonchev–Trinajstić information content (AvgIpc) is 2.93. The van der Waals surface area contributed by atoms with E-state index in [-0.39, 0.29) is 41.4 Å². The van der Waals surface area contributed by atoms with Gasteiger partial charge >= 0.3 is 200 Å². The van der Waals surface area contributed by atoms with Crippen LogP contribution in [0.4, 0.5) is 14.6 Å². The molecule has 3 aromatic rings. The number of halogens is 2. The fraction of sp³-hybridized carbons (Fsp3) is 0.476. The van der Waals surface area contributed by atoms with Crippen LogP contribution in [0.2, 0.25) is 0 Å². The second-order valence-electron chi connectivity index (χ2n) is 8.46. The van der Waals surface area contributed by atoms with E-state index in [4.69, 9.17) is 4.74 Å². The summed E-state index contributed by atoms with van der Waals surface area (Å²) in [5.74, 6) is -1.08. The molecule has 0 radical (unpaired) electrons. The molecule has 3 fully saturated rings. The number of carbonyl (C=O) groups is 1. The van der Waals surface area contributed by atoms with Gasteiger partial charge in [0.05, 0.1) is 0 Å². The third kappa shape index (κ3) is 3.75. The Kier molecular flexibility index (Phi) is 5.80. The predicted molar refractivity (Wildman–Crippen MR) is 113 cm³/mol. The van der Waals surface area contributed by atoms with Gasteiger partial charge in [-0.3, -0.25) is 0 Å². The van der Waals surface area contributed by atoms with Gasteiger partial charge in [-0.25, -0.2) is 0 Å². The minimum atomic E-state index is -0.613. The SMILES string of the molecule is COC(=O)[C@H]1C2CCCC(CC2)[C@@H]1Nc1nc(-c2n[n]([Tl])c3ncc(F)cc23)ncc1F. The number of pyridine rings is 1. The first-order valence-corrected chi connectivity index (χ1v) is 12.6. The molecule has 3 aliphatic carbocycles. The van der Waals surface area contributed by atoms with Gasteiger partial charge in [0.25, 0.3) is 0 Å². The standard InChI is InChI=1S/C21H21F2N6O2.Tl/c1-31-21(30)15-10-3-2-4-11(6-5-10)16(15)26-19-14(23)9-25-20(27-19)17-13-7-12(22)8-24-18(13)29-28-17;/h7-11,15-16H,2-6H2,1H3,(H-,24,25,26,27,28,29);/q-1;+1/t10?,11?,15-,16-;/m0./s1. The van der Waals surface area contributed by atoms with Crippen molar-refractivity contribution in [1.82, 2.24) is 22.5 Å². The van der Waals surface area contributed by atoms with Crippen molar-refractivity contribution in [2.45, 2.75) is 38.1 Å². The van der Waals surface area contributed by atoms with Gasteiger partial charge in [0.2, 0.25) is 0 Å². The summed E-state index contributed by atoms with van der Waals surface area (Å²) in [4.78, 5) is 25.2. The molecule has 3 aromatic heterocycles. The van der Waals surface area contributed by atoms with E-state index >= 15 is 0 Å². The Bertz CT molecular complexity index is 1180. The summed E-state index contributed by atoms with van der Waals surface area (Å²) in [5.41, 5.74) is 0.894. The van der Waals surface area contributed by atoms with Gasteiger partial charge in [0.15, 0.2) is 0 Å².